The van der Waals surface area contributed by atoms with Gasteiger partial charge in [0.05, 0.1) is 5.75 Å². The third-order valence-corrected chi connectivity index (χ3v) is 4.36. The summed E-state index contributed by atoms with van der Waals surface area (Å²) in [5.74, 6) is 0.147. The monoisotopic (exact) mass is 314 g/mol. The fourth-order valence-electron chi connectivity index (χ4n) is 1.63. The molecule has 0 bridgehead atoms. The molecule has 7 heteroatoms. The van der Waals surface area contributed by atoms with Gasteiger partial charge in [-0.3, -0.25) is 4.79 Å². The molecule has 0 aliphatic heterocycles. The molecule has 0 unspecified atom stereocenters. The van der Waals surface area contributed by atoms with E-state index in [1.165, 1.54) is 7.05 Å². The lowest BCUT2D eigenvalue weighted by atomic mass is 10.1. The zero-order chi connectivity index (χ0) is 16.0. The topological polar surface area (TPSA) is 84.5 Å². The summed E-state index contributed by atoms with van der Waals surface area (Å²) in [7, 11) is -1.98. The number of aryl methyl sites for hydroxylation is 2. The van der Waals surface area contributed by atoms with Crippen LogP contribution in [0.1, 0.15) is 18.1 Å². The van der Waals surface area contributed by atoms with E-state index in [1.807, 2.05) is 32.0 Å². The molecule has 6 nitrogen and oxygen atoms in total. The van der Waals surface area contributed by atoms with Gasteiger partial charge in [-0.15, -0.1) is 0 Å². The minimum absolute atomic E-state index is 0.0442. The first kappa shape index (κ1) is 17.5. The maximum atomic E-state index is 11.9. The van der Waals surface area contributed by atoms with Gasteiger partial charge >= 0.3 is 0 Å². The van der Waals surface area contributed by atoms with Crippen molar-refractivity contribution in [2.45, 2.75) is 26.9 Å². The average Bonchev–Trinajstić information content (AvgIpc) is 2.42. The van der Waals surface area contributed by atoms with Crippen molar-refractivity contribution in [1.82, 2.24) is 10.0 Å². The molecular weight excluding hydrogens is 292 g/mol. The van der Waals surface area contributed by atoms with Gasteiger partial charge in [0.25, 0.3) is 5.91 Å². The summed E-state index contributed by atoms with van der Waals surface area (Å²) in [6.07, 6.45) is -0.692. The minimum atomic E-state index is -3.32. The van der Waals surface area contributed by atoms with Gasteiger partial charge in [-0.2, -0.15) is 0 Å². The van der Waals surface area contributed by atoms with Crippen LogP contribution in [0, 0.1) is 13.8 Å². The SMILES string of the molecule is CNS(=O)(=O)CCNC(=O)[C@@H](C)Oc1cc(C)ccc1C. The molecule has 0 aromatic heterocycles. The third kappa shape index (κ3) is 5.73. The second kappa shape index (κ2) is 7.42. The summed E-state index contributed by atoms with van der Waals surface area (Å²) in [6.45, 7) is 5.52. The minimum Gasteiger partial charge on any atom is -0.481 e. The molecular formula is C14H22N2O4S. The molecule has 21 heavy (non-hydrogen) atoms. The normalized spacial score (nSPS) is 12.8. The highest BCUT2D eigenvalue weighted by Crippen LogP contribution is 2.20. The Morgan fingerprint density at radius 1 is 1.33 bits per heavy atom. The molecule has 118 valence electrons. The largest absolute Gasteiger partial charge is 0.481 e. The zero-order valence-corrected chi connectivity index (χ0v) is 13.6. The Kier molecular flexibility index (Phi) is 6.17. The number of carbonyl (C=O) groups is 1. The molecule has 0 aliphatic rings. The Bertz CT molecular complexity index is 599. The Balaban J connectivity index is 2.53. The van der Waals surface area contributed by atoms with Gasteiger partial charge < -0.3 is 10.1 Å². The van der Waals surface area contributed by atoms with Gasteiger partial charge in [0, 0.05) is 6.54 Å². The number of benzene rings is 1. The van der Waals surface area contributed by atoms with E-state index in [-0.39, 0.29) is 18.2 Å². The van der Waals surface area contributed by atoms with Crippen molar-refractivity contribution in [3.8, 4) is 5.75 Å². The fraction of sp³-hybridized carbons (Fsp3) is 0.500. The lowest BCUT2D eigenvalue weighted by Crippen LogP contribution is -2.40. The Labute approximate surface area is 125 Å². The van der Waals surface area contributed by atoms with E-state index in [4.69, 9.17) is 4.74 Å². The number of hydrogen-bond acceptors (Lipinski definition) is 4. The van der Waals surface area contributed by atoms with Crippen LogP contribution in [0.15, 0.2) is 18.2 Å². The third-order valence-electron chi connectivity index (χ3n) is 3.00. The molecule has 1 amide bonds. The first-order valence-corrected chi connectivity index (χ1v) is 8.33. The number of hydrogen-bond donors (Lipinski definition) is 2. The molecule has 2 N–H and O–H groups in total. The van der Waals surface area contributed by atoms with Crippen molar-refractivity contribution in [1.29, 1.82) is 0 Å². The molecule has 0 radical (unpaired) electrons. The van der Waals surface area contributed by atoms with E-state index >= 15 is 0 Å². The van der Waals surface area contributed by atoms with Crippen LogP contribution in [-0.2, 0) is 14.8 Å². The van der Waals surface area contributed by atoms with Gasteiger partial charge in [0.15, 0.2) is 6.10 Å². The van der Waals surface area contributed by atoms with E-state index in [9.17, 15) is 13.2 Å². The van der Waals surface area contributed by atoms with Gasteiger partial charge in [0.2, 0.25) is 10.0 Å². The van der Waals surface area contributed by atoms with Gasteiger partial charge in [-0.25, -0.2) is 13.1 Å². The predicted octanol–water partition coefficient (Wildman–Crippen LogP) is 0.736. The molecule has 0 aliphatic carbocycles. The van der Waals surface area contributed by atoms with Crippen molar-refractivity contribution in [3.05, 3.63) is 29.3 Å². The molecule has 0 spiro atoms. The maximum absolute atomic E-state index is 11.9. The molecule has 1 aromatic rings. The fourth-order valence-corrected chi connectivity index (χ4v) is 2.21. The first-order chi connectivity index (χ1) is 9.75. The van der Waals surface area contributed by atoms with Crippen LogP contribution >= 0.6 is 0 Å². The first-order valence-electron chi connectivity index (χ1n) is 6.68. The van der Waals surface area contributed by atoms with Crippen LogP contribution in [0.5, 0.6) is 5.75 Å². The van der Waals surface area contributed by atoms with E-state index in [0.717, 1.165) is 11.1 Å². The number of rotatable bonds is 7. The second-order valence-electron chi connectivity index (χ2n) is 4.84. The number of ether oxygens (including phenoxy) is 1. The highest BCUT2D eigenvalue weighted by atomic mass is 32.2. The summed E-state index contributed by atoms with van der Waals surface area (Å²) in [6, 6.07) is 5.76. The smallest absolute Gasteiger partial charge is 0.260 e. The summed E-state index contributed by atoms with van der Waals surface area (Å²) in [5.41, 5.74) is 1.99. The van der Waals surface area contributed by atoms with E-state index in [1.54, 1.807) is 6.92 Å². The lowest BCUT2D eigenvalue weighted by molar-refractivity contribution is -0.127. The van der Waals surface area contributed by atoms with Crippen molar-refractivity contribution < 1.29 is 17.9 Å². The molecule has 0 heterocycles. The molecule has 0 saturated heterocycles. The quantitative estimate of drug-likeness (QED) is 0.777. The van der Waals surface area contributed by atoms with Crippen LogP contribution in [0.2, 0.25) is 0 Å². The predicted molar refractivity (Wildman–Crippen MR) is 81.9 cm³/mol. The van der Waals surface area contributed by atoms with Crippen molar-refractivity contribution in [3.63, 3.8) is 0 Å². The van der Waals surface area contributed by atoms with Crippen molar-refractivity contribution >= 4 is 15.9 Å². The molecule has 0 fully saturated rings. The van der Waals surface area contributed by atoms with E-state index in [0.29, 0.717) is 5.75 Å². The standard InChI is InChI=1S/C14H22N2O4S/c1-10-5-6-11(2)13(9-10)20-12(3)14(17)16-7-8-21(18,19)15-4/h5-6,9,12,15H,7-8H2,1-4H3,(H,16,17)/t12-/m1/s1. The highest BCUT2D eigenvalue weighted by molar-refractivity contribution is 7.89. The van der Waals surface area contributed by atoms with Crippen molar-refractivity contribution in [2.75, 3.05) is 19.3 Å². The molecule has 0 saturated carbocycles. The van der Waals surface area contributed by atoms with Crippen LogP contribution < -0.4 is 14.8 Å². The van der Waals surface area contributed by atoms with Gasteiger partial charge in [0.1, 0.15) is 5.75 Å². The van der Waals surface area contributed by atoms with Crippen LogP contribution in [0.4, 0.5) is 0 Å². The van der Waals surface area contributed by atoms with Gasteiger partial charge in [-0.05, 0) is 45.0 Å². The summed E-state index contributed by atoms with van der Waals surface area (Å²) < 4.78 is 30.3. The van der Waals surface area contributed by atoms with Crippen LogP contribution in [-0.4, -0.2) is 39.8 Å². The number of amides is 1. The average molecular weight is 314 g/mol. The van der Waals surface area contributed by atoms with E-state index in [2.05, 4.69) is 10.0 Å². The summed E-state index contributed by atoms with van der Waals surface area (Å²) >= 11 is 0. The summed E-state index contributed by atoms with van der Waals surface area (Å²) in [5, 5.41) is 2.54. The Morgan fingerprint density at radius 3 is 2.62 bits per heavy atom. The molecule has 1 rings (SSSR count). The highest BCUT2D eigenvalue weighted by Gasteiger charge is 2.16. The van der Waals surface area contributed by atoms with Crippen molar-refractivity contribution in [2.24, 2.45) is 0 Å². The Morgan fingerprint density at radius 2 is 2.00 bits per heavy atom. The van der Waals surface area contributed by atoms with Gasteiger partial charge in [-0.1, -0.05) is 12.1 Å². The number of nitrogens with one attached hydrogen (secondary N) is 2. The van der Waals surface area contributed by atoms with Crippen LogP contribution in [0.25, 0.3) is 0 Å². The zero-order valence-electron chi connectivity index (χ0n) is 12.8. The molecule has 1 aromatic carbocycles. The van der Waals surface area contributed by atoms with E-state index < -0.39 is 16.1 Å². The lowest BCUT2D eigenvalue weighted by Gasteiger charge is -2.16. The second-order valence-corrected chi connectivity index (χ2v) is 6.89. The number of sulfonamides is 1. The Hall–Kier alpha value is -1.60. The summed E-state index contributed by atoms with van der Waals surface area (Å²) in [4.78, 5) is 11.9. The molecule has 1 atom stereocenters. The maximum Gasteiger partial charge on any atom is 0.260 e. The number of carbonyl (C=O) groups excluding carboxylic acids is 1. The van der Waals surface area contributed by atoms with Crippen LogP contribution in [0.3, 0.4) is 0 Å².